The Morgan fingerprint density at radius 1 is 0.213 bits per heavy atom. The molecule has 4 aromatic rings. The van der Waals surface area contributed by atoms with E-state index in [4.69, 9.17) is 137 Å². The minimum absolute atomic E-state index is 0.474. The Bertz CT molecular complexity index is 3670. The molecule has 80 heteroatoms. The van der Waals surface area contributed by atoms with E-state index in [1.807, 2.05) is 0 Å². The maximum absolute atomic E-state index is 11.3. The first kappa shape index (κ1) is 105. The van der Waals surface area contributed by atoms with Crippen LogP contribution in [0.5, 0.6) is 0 Å². The van der Waals surface area contributed by atoms with Crippen molar-refractivity contribution in [2.24, 2.45) is 0 Å². The second-order valence-corrected chi connectivity index (χ2v) is 53.7. The Morgan fingerprint density at radius 2 is 0.333 bits per heavy atom. The average molecular weight is 1900 g/mol. The topological polar surface area (TPSA) is 1130 Å². The summed E-state index contributed by atoms with van der Waals surface area (Å²) in [6.07, 6.45) is 8.64. The van der Waals surface area contributed by atoms with Crippen molar-refractivity contribution in [1.29, 1.82) is 0 Å². The van der Waals surface area contributed by atoms with Crippen LogP contribution in [0.2, 0.25) is 0 Å². The predicted molar refractivity (Wildman–Crippen MR) is 322 cm³/mol. The summed E-state index contributed by atoms with van der Waals surface area (Å²) in [5, 5.41) is 46.7. The van der Waals surface area contributed by atoms with Gasteiger partial charge in [-0.1, -0.05) is 0 Å². The van der Waals surface area contributed by atoms with E-state index in [2.05, 4.69) is 0 Å². The monoisotopic (exact) mass is 1900 g/mol. The van der Waals surface area contributed by atoms with E-state index in [1.165, 1.54) is 0 Å². The fourth-order valence-corrected chi connectivity index (χ4v) is 23.5. The van der Waals surface area contributed by atoms with Crippen LogP contribution in [-0.2, 0) is 125 Å². The highest BCUT2D eigenvalue weighted by molar-refractivity contribution is 7.75. The smallest absolute Gasteiger partial charge is 0.373 e. The number of hydrogen-bond acceptors (Lipinski definition) is 28. The van der Waals surface area contributed by atoms with Gasteiger partial charge in [-0.15, -0.1) is 0 Å². The van der Waals surface area contributed by atoms with Crippen molar-refractivity contribution >= 4 is 122 Å². The van der Waals surface area contributed by atoms with E-state index < -0.39 is 215 Å². The molecule has 0 aliphatic rings. The minimum Gasteiger partial charge on any atom is -0.776 e. The second kappa shape index (κ2) is 33.4. The van der Waals surface area contributed by atoms with Gasteiger partial charge in [-0.25, -0.2) is 36.5 Å². The molecule has 0 fully saturated rings. The number of rotatable bonds is 32. The van der Waals surface area contributed by atoms with Gasteiger partial charge in [0.15, 0.2) is 30.4 Å². The fourth-order valence-electron chi connectivity index (χ4n) is 7.26. The molecule has 4 aromatic heterocycles. The summed E-state index contributed by atoms with van der Waals surface area (Å²) in [4.78, 5) is 297. The van der Waals surface area contributed by atoms with Crippen molar-refractivity contribution < 1.29 is 289 Å². The molecule has 0 saturated carbocycles. The molecule has 0 aromatic carbocycles. The molecule has 64 nitrogen and oxygen atoms in total. The molecule has 0 bridgehead atoms. The standard InChI is InChI=1S/4C7H16N2O14P4/c4*10-6(24(12,13)14,25(15,16)17)3-8-1-2-9(5-8)4-7(11,26(18,19)20)27(21,22)23/h4*1-2,5,10-11H,3-4H2,(H7-,12,13,14,15,16,17,18,19,20,21,22,23). The van der Waals surface area contributed by atoms with E-state index in [0.717, 1.165) is 49.6 Å². The van der Waals surface area contributed by atoms with Crippen molar-refractivity contribution in [3.8, 4) is 0 Å². The zero-order valence-electron chi connectivity index (χ0n) is 51.6. The maximum atomic E-state index is 11.3. The molecule has 6 unspecified atom stereocenters. The SMILES string of the molecule is O=P(O)(O)C(O)(Cn1cc[n+](CC(O)(P(=O)(O)O)P(=O)(O)O)c1)P(=O)(O)O.O=P([O-])(O)C(O)(Cn1cc[n+](CC(O)(P(=O)(O)O)P(=O)(O)O)c1)P(=O)(O)O.O=P([O-])(O)C(O)(Cn1cc[n+](CC(O)(P(=O)(O)O)P(=O)(O)O)c1)P(=O)(O)O.O=P([O-])(O)C(O)(Cn1cc[n+](CC(O)(P(=O)(O)O)P(=O)(O)O)c1)P(=O)([O-])O. The Kier molecular flexibility index (Phi) is 32.4. The largest absolute Gasteiger partial charge is 0.776 e. The lowest BCUT2D eigenvalue weighted by Crippen LogP contribution is -2.47. The number of imidazole rings is 4. The van der Waals surface area contributed by atoms with Crippen molar-refractivity contribution in [2.45, 2.75) is 93.0 Å². The molecule has 0 aliphatic heterocycles. The van der Waals surface area contributed by atoms with E-state index in [9.17, 15) is 133 Å². The van der Waals surface area contributed by atoms with E-state index >= 15 is 0 Å². The molecule has 0 spiro atoms. The van der Waals surface area contributed by atoms with Gasteiger partial charge in [0.25, 0.3) is 10.2 Å². The van der Waals surface area contributed by atoms with Crippen LogP contribution in [0.3, 0.4) is 0 Å². The minimum atomic E-state index is -6.11. The summed E-state index contributed by atoms with van der Waals surface area (Å²) >= 11 is 0. The van der Waals surface area contributed by atoms with Gasteiger partial charge in [0.05, 0.1) is 0 Å². The van der Waals surface area contributed by atoms with Gasteiger partial charge >= 0.3 is 117 Å². The Labute approximate surface area is 594 Å². The van der Waals surface area contributed by atoms with Crippen molar-refractivity contribution in [3.05, 3.63) is 74.9 Å². The number of nitrogens with zero attached hydrogens (tertiary/aromatic N) is 8. The highest BCUT2D eigenvalue weighted by atomic mass is 31.3. The van der Waals surface area contributed by atoms with Crippen LogP contribution in [0.15, 0.2) is 74.9 Å². The molecule has 0 aliphatic carbocycles. The molecule has 36 N–H and O–H groups in total. The lowest BCUT2D eigenvalue weighted by atomic mass is 10.6. The summed E-state index contributed by atoms with van der Waals surface area (Å²) in [5.41, 5.74) is 0. The first-order valence-electron chi connectivity index (χ1n) is 25.4. The summed E-state index contributed by atoms with van der Waals surface area (Å²) in [6.45, 7) is -11.5. The first-order valence-corrected chi connectivity index (χ1v) is 51.1. The molecular weight excluding hydrogens is 1840 g/mol. The highest BCUT2D eigenvalue weighted by Crippen LogP contribution is 2.73. The molecule has 4 heterocycles. The van der Waals surface area contributed by atoms with Gasteiger partial charge in [0.1, 0.15) is 102 Å². The summed E-state index contributed by atoms with van der Waals surface area (Å²) in [7, 11) is -94.1. The van der Waals surface area contributed by atoms with Gasteiger partial charge in [-0.05, 0) is 0 Å². The van der Waals surface area contributed by atoms with Gasteiger partial charge in [0.2, 0.25) is 30.4 Å². The third kappa shape index (κ3) is 23.6. The quantitative estimate of drug-likeness (QED) is 0.0159. The number of hydrogen-bond donors (Lipinski definition) is 36. The number of aromatic nitrogens is 8. The summed E-state index contributed by atoms with van der Waals surface area (Å²) < 4.78 is 184. The van der Waals surface area contributed by atoms with Crippen LogP contribution in [-0.4, -0.2) is 237 Å². The predicted octanol–water partition coefficient (Wildman–Crippen LogP) is -15.4. The molecule has 0 amide bonds. The Morgan fingerprint density at radius 3 is 0.454 bits per heavy atom. The summed E-state index contributed by atoms with van der Waals surface area (Å²) in [6, 6.07) is 0. The lowest BCUT2D eigenvalue weighted by molar-refractivity contribution is -0.703. The van der Waals surface area contributed by atoms with Gasteiger partial charge < -0.3 is 216 Å². The van der Waals surface area contributed by atoms with Crippen LogP contribution in [0.4, 0.5) is 0 Å². The maximum Gasteiger partial charge on any atom is 0.373 e. The molecule has 108 heavy (non-hydrogen) atoms. The fraction of sp³-hybridized carbons (Fsp3) is 0.571. The van der Waals surface area contributed by atoms with Gasteiger partial charge in [-0.3, -0.25) is 54.8 Å². The third-order valence-electron chi connectivity index (χ3n) is 13.6. The zero-order valence-corrected chi connectivity index (χ0v) is 65.9. The van der Waals surface area contributed by atoms with Crippen molar-refractivity contribution in [1.82, 2.24) is 18.3 Å². The van der Waals surface area contributed by atoms with E-state index in [1.54, 1.807) is 0 Å². The molecule has 632 valence electrons. The Hall–Kier alpha value is -1.08. The zero-order chi connectivity index (χ0) is 86.8. The molecule has 6 atom stereocenters. The van der Waals surface area contributed by atoms with Crippen molar-refractivity contribution in [3.63, 3.8) is 0 Å². The van der Waals surface area contributed by atoms with Crippen LogP contribution < -0.4 is 37.8 Å². The van der Waals surface area contributed by atoms with Crippen LogP contribution >= 0.6 is 122 Å². The molecule has 0 saturated heterocycles. The Balaban J connectivity index is 0.000000720. The normalized spacial score (nSPS) is 18.3. The van der Waals surface area contributed by atoms with Gasteiger partial charge in [-0.2, -0.15) is 0 Å². The molecular formula is C28H64N8O56P16. The van der Waals surface area contributed by atoms with Gasteiger partial charge in [0, 0.05) is 0 Å². The number of aliphatic hydroxyl groups is 8. The van der Waals surface area contributed by atoms with Crippen LogP contribution in [0.25, 0.3) is 0 Å². The average Bonchev–Trinajstić information content (AvgIpc) is 1.56. The van der Waals surface area contributed by atoms with Crippen molar-refractivity contribution in [2.75, 3.05) is 0 Å². The van der Waals surface area contributed by atoms with Crippen LogP contribution in [0.1, 0.15) is 0 Å². The molecule has 4 rings (SSSR count). The lowest BCUT2D eigenvalue weighted by Gasteiger charge is -2.40. The first-order chi connectivity index (χ1) is 46.6. The van der Waals surface area contributed by atoms with E-state index in [0.29, 0.717) is 61.8 Å². The highest BCUT2D eigenvalue weighted by Gasteiger charge is 2.67. The summed E-state index contributed by atoms with van der Waals surface area (Å²) in [5.74, 6) is 0. The second-order valence-electron chi connectivity index (χ2n) is 21.8. The third-order valence-corrected chi connectivity index (χ3v) is 43.0. The molecule has 0 radical (unpaired) electrons. The van der Waals surface area contributed by atoms with Crippen LogP contribution in [0, 0.1) is 0 Å². The van der Waals surface area contributed by atoms with E-state index in [-0.39, 0.29) is 0 Å².